The number of nitrogens with one attached hydrogen (secondary N) is 5. The number of Topliss-reactive ketones (excluding diaryl/α,β-unsaturated/α-hetero) is 1. The smallest absolute Gasteiger partial charge is 0.315 e. The van der Waals surface area contributed by atoms with Crippen LogP contribution < -0.4 is 26.6 Å². The second-order valence-corrected chi connectivity index (χ2v) is 19.5. The van der Waals surface area contributed by atoms with Gasteiger partial charge in [0.2, 0.25) is 29.4 Å². The molecule has 1 heterocycles. The normalized spacial score (nSPS) is 29.2. The lowest BCUT2D eigenvalue weighted by Gasteiger charge is -2.56. The largest absolute Gasteiger partial charge is 0.347 e. The van der Waals surface area contributed by atoms with E-state index in [1.54, 1.807) is 49.3 Å². The van der Waals surface area contributed by atoms with Crippen molar-refractivity contribution in [3.63, 3.8) is 0 Å². The van der Waals surface area contributed by atoms with Crippen LogP contribution in [0.3, 0.4) is 0 Å². The SMILES string of the molecule is CCCC(NC(=O)C1C2C(CN1C(=O)[C@@H](NC(=O)NC13CC4CC(CC(C4)C1)C3)C(C)(C)C)C2(C)C)C(=O)C(=O)NCC(=O)NC(C(=O)N(C)C)c1ccccc1.[HH].[HH]. The van der Waals surface area contributed by atoms with Crippen molar-refractivity contribution in [2.75, 3.05) is 27.2 Å². The minimum Gasteiger partial charge on any atom is -0.347 e. The summed E-state index contributed by atoms with van der Waals surface area (Å²) in [5.41, 5.74) is -0.576. The first-order valence-electron chi connectivity index (χ1n) is 20.8. The molecule has 14 heteroatoms. The molecule has 5 aliphatic carbocycles. The van der Waals surface area contributed by atoms with Gasteiger partial charge in [-0.05, 0) is 90.9 Å². The van der Waals surface area contributed by atoms with Crippen molar-refractivity contribution in [1.82, 2.24) is 36.4 Å². The molecule has 0 radical (unpaired) electrons. The number of ketones is 1. The summed E-state index contributed by atoms with van der Waals surface area (Å²) in [5, 5.41) is 14.2. The molecule has 5 unspecified atom stereocenters. The van der Waals surface area contributed by atoms with Crippen LogP contribution in [0.4, 0.5) is 4.79 Å². The average molecular weight is 794 g/mol. The van der Waals surface area contributed by atoms with E-state index in [0.717, 1.165) is 19.3 Å². The molecule has 57 heavy (non-hydrogen) atoms. The van der Waals surface area contributed by atoms with Gasteiger partial charge in [-0.1, -0.05) is 78.3 Å². The molecule has 1 aromatic rings. The summed E-state index contributed by atoms with van der Waals surface area (Å²) in [4.78, 5) is 98.0. The third-order valence-electron chi connectivity index (χ3n) is 13.5. The van der Waals surface area contributed by atoms with Gasteiger partial charge >= 0.3 is 6.03 Å². The van der Waals surface area contributed by atoms with Crippen LogP contribution in [0.5, 0.6) is 0 Å². The third kappa shape index (κ3) is 8.84. The summed E-state index contributed by atoms with van der Waals surface area (Å²) in [6.45, 7) is 11.4. The van der Waals surface area contributed by atoms with Crippen LogP contribution in [0.15, 0.2) is 30.3 Å². The highest BCUT2D eigenvalue weighted by Crippen LogP contribution is 2.65. The third-order valence-corrected chi connectivity index (χ3v) is 13.5. The van der Waals surface area contributed by atoms with E-state index < -0.39 is 59.6 Å². The average Bonchev–Trinajstić information content (AvgIpc) is 3.43. The summed E-state index contributed by atoms with van der Waals surface area (Å²) in [6.07, 6.45) is 7.28. The van der Waals surface area contributed by atoms with E-state index >= 15 is 0 Å². The number of rotatable bonds is 14. The van der Waals surface area contributed by atoms with E-state index in [9.17, 15) is 33.6 Å². The number of hydrogen-bond donors (Lipinski definition) is 5. The Morgan fingerprint density at radius 2 is 1.49 bits per heavy atom. The van der Waals surface area contributed by atoms with E-state index in [1.807, 2.05) is 27.7 Å². The molecule has 5 saturated carbocycles. The summed E-state index contributed by atoms with van der Waals surface area (Å²) in [7, 11) is 3.14. The number of amides is 7. The summed E-state index contributed by atoms with van der Waals surface area (Å²) in [5.74, 6) is -2.08. The topological polar surface area (TPSA) is 186 Å². The molecule has 4 bridgehead atoms. The molecule has 1 aromatic carbocycles. The van der Waals surface area contributed by atoms with Crippen molar-refractivity contribution < 1.29 is 36.4 Å². The molecule has 7 amide bonds. The molecule has 0 spiro atoms. The number of likely N-dealkylation sites (N-methyl/N-ethyl adjacent to an activating group) is 1. The van der Waals surface area contributed by atoms with Crippen LogP contribution in [-0.4, -0.2) is 102 Å². The van der Waals surface area contributed by atoms with Gasteiger partial charge in [-0.15, -0.1) is 0 Å². The fourth-order valence-corrected chi connectivity index (χ4v) is 10.9. The van der Waals surface area contributed by atoms with E-state index in [1.165, 1.54) is 24.2 Å². The minimum absolute atomic E-state index is 0. The lowest BCUT2D eigenvalue weighted by molar-refractivity contribution is -0.145. The maximum atomic E-state index is 14.5. The van der Waals surface area contributed by atoms with Gasteiger partial charge in [0.25, 0.3) is 5.91 Å². The van der Waals surface area contributed by atoms with Crippen molar-refractivity contribution in [3.05, 3.63) is 35.9 Å². The lowest BCUT2D eigenvalue weighted by atomic mass is 9.53. The highest BCUT2D eigenvalue weighted by molar-refractivity contribution is 6.38. The number of nitrogens with zero attached hydrogens (tertiary/aromatic N) is 2. The standard InChI is InChI=1S/C43H63N7O7.2H2/c1-9-13-29(34(52)37(54)44-22-30(51)46-32(38(55)49(7)8)27-14-11-10-12-15-27)45-36(53)33-31-28(42(31,5)6)23-50(33)39(56)35(41(2,3)4)47-40(57)48-43-19-24-16-25(20-43)18-26(17-24)21-43;;/h10-12,14-15,24-26,28-29,31-33,35H,9,13,16-23H2,1-8H3,(H,44,54)(H,45,53)(H,46,51)(H2,47,48,57);2*1H/t24?,25?,26?,28?,29?,31?,32?,33?,35-,43?;;/m1../s1. The molecular weight excluding hydrogens is 727 g/mol. The van der Waals surface area contributed by atoms with Crippen LogP contribution in [0, 0.1) is 40.4 Å². The van der Waals surface area contributed by atoms with Crippen LogP contribution >= 0.6 is 0 Å². The Morgan fingerprint density at radius 3 is 2.04 bits per heavy atom. The highest BCUT2D eigenvalue weighted by Gasteiger charge is 2.70. The van der Waals surface area contributed by atoms with Gasteiger partial charge in [0, 0.05) is 29.0 Å². The molecule has 14 nitrogen and oxygen atoms in total. The first kappa shape index (κ1) is 42.1. The van der Waals surface area contributed by atoms with Crippen molar-refractivity contribution in [2.24, 2.45) is 40.4 Å². The summed E-state index contributed by atoms with van der Waals surface area (Å²) in [6, 6.07) is 4.32. The van der Waals surface area contributed by atoms with Gasteiger partial charge in [-0.2, -0.15) is 0 Å². The number of hydrogen-bond acceptors (Lipinski definition) is 7. The zero-order chi connectivity index (χ0) is 41.6. The van der Waals surface area contributed by atoms with Gasteiger partial charge in [-0.25, -0.2) is 4.79 Å². The van der Waals surface area contributed by atoms with Gasteiger partial charge in [0.1, 0.15) is 18.1 Å². The number of piperidine rings is 1. The first-order valence-corrected chi connectivity index (χ1v) is 20.8. The second-order valence-electron chi connectivity index (χ2n) is 19.5. The predicted octanol–water partition coefficient (Wildman–Crippen LogP) is 3.56. The Kier molecular flexibility index (Phi) is 11.9. The number of likely N-dealkylation sites (tertiary alicyclic amines) is 1. The van der Waals surface area contributed by atoms with Gasteiger partial charge in [-0.3, -0.25) is 28.8 Å². The Hall–Kier alpha value is -4.49. The van der Waals surface area contributed by atoms with Crippen LogP contribution in [-0.2, 0) is 28.8 Å². The molecule has 1 saturated heterocycles. The molecule has 6 atom stereocenters. The Labute approximate surface area is 339 Å². The van der Waals surface area contributed by atoms with Crippen LogP contribution in [0.1, 0.15) is 107 Å². The van der Waals surface area contributed by atoms with Gasteiger partial charge < -0.3 is 36.4 Å². The Bertz CT molecular complexity index is 1730. The van der Waals surface area contributed by atoms with Gasteiger partial charge in [0.05, 0.1) is 12.6 Å². The molecule has 316 valence electrons. The minimum atomic E-state index is -1.20. The summed E-state index contributed by atoms with van der Waals surface area (Å²) >= 11 is 0. The van der Waals surface area contributed by atoms with Crippen molar-refractivity contribution in [3.8, 4) is 0 Å². The highest BCUT2D eigenvalue weighted by atomic mass is 16.2. The Morgan fingerprint density at radius 1 is 0.895 bits per heavy atom. The molecule has 0 aromatic heterocycles. The van der Waals surface area contributed by atoms with E-state index in [2.05, 4.69) is 40.4 Å². The number of fused-ring (bicyclic) bond motifs is 1. The number of benzene rings is 1. The molecule has 5 N–H and O–H groups in total. The van der Waals surface area contributed by atoms with E-state index in [0.29, 0.717) is 36.3 Å². The molecule has 7 rings (SSSR count). The van der Waals surface area contributed by atoms with Crippen molar-refractivity contribution in [2.45, 2.75) is 123 Å². The second kappa shape index (κ2) is 16.0. The monoisotopic (exact) mass is 794 g/mol. The summed E-state index contributed by atoms with van der Waals surface area (Å²) < 4.78 is 0. The Balaban J connectivity index is 0.00000384. The molecule has 6 aliphatic rings. The fraction of sp³-hybridized carbons (Fsp3) is 0.698. The first-order chi connectivity index (χ1) is 26.7. The lowest BCUT2D eigenvalue weighted by Crippen LogP contribution is -2.65. The number of urea groups is 1. The predicted molar refractivity (Wildman–Crippen MR) is 217 cm³/mol. The van der Waals surface area contributed by atoms with Gasteiger partial charge in [0.15, 0.2) is 0 Å². The fourth-order valence-electron chi connectivity index (χ4n) is 10.9. The maximum absolute atomic E-state index is 14.5. The van der Waals surface area contributed by atoms with Crippen LogP contribution in [0.2, 0.25) is 0 Å². The van der Waals surface area contributed by atoms with E-state index in [-0.39, 0.29) is 49.9 Å². The molecule has 1 aliphatic heterocycles. The van der Waals surface area contributed by atoms with Crippen LogP contribution in [0.25, 0.3) is 0 Å². The number of carbonyl (C=O) groups excluding carboxylic acids is 7. The zero-order valence-corrected chi connectivity index (χ0v) is 34.9. The number of carbonyl (C=O) groups is 7. The molecule has 6 fully saturated rings. The van der Waals surface area contributed by atoms with E-state index in [4.69, 9.17) is 0 Å². The maximum Gasteiger partial charge on any atom is 0.315 e. The zero-order valence-electron chi connectivity index (χ0n) is 34.9. The van der Waals surface area contributed by atoms with Crippen molar-refractivity contribution in [1.29, 1.82) is 0 Å². The molecular formula is C43H67N7O7. The quantitative estimate of drug-likeness (QED) is 0.178. The van der Waals surface area contributed by atoms with Crippen molar-refractivity contribution >= 4 is 41.4 Å².